The van der Waals surface area contributed by atoms with Crippen molar-refractivity contribution in [2.24, 2.45) is 5.92 Å². The van der Waals surface area contributed by atoms with Crippen molar-refractivity contribution in [2.45, 2.75) is 13.8 Å². The molecule has 3 aromatic rings. The van der Waals surface area contributed by atoms with Crippen molar-refractivity contribution in [1.82, 2.24) is 9.36 Å². The molecule has 5 nitrogen and oxygen atoms in total. The predicted molar refractivity (Wildman–Crippen MR) is 100 cm³/mol. The van der Waals surface area contributed by atoms with E-state index < -0.39 is 0 Å². The number of hydrogen-bond donors (Lipinski definition) is 1. The van der Waals surface area contributed by atoms with Crippen LogP contribution < -0.4 is 10.1 Å². The van der Waals surface area contributed by atoms with Gasteiger partial charge < -0.3 is 4.74 Å². The summed E-state index contributed by atoms with van der Waals surface area (Å²) >= 11 is 1.16. The maximum Gasteiger partial charge on any atom is 0.257 e. The van der Waals surface area contributed by atoms with Crippen LogP contribution in [0.15, 0.2) is 54.6 Å². The quantitative estimate of drug-likeness (QED) is 0.709. The van der Waals surface area contributed by atoms with Crippen LogP contribution >= 0.6 is 11.5 Å². The Morgan fingerprint density at radius 1 is 1.12 bits per heavy atom. The van der Waals surface area contributed by atoms with Crippen LogP contribution in [0.25, 0.3) is 11.4 Å². The van der Waals surface area contributed by atoms with Gasteiger partial charge in [-0.25, -0.2) is 0 Å². The average Bonchev–Trinajstić information content (AvgIpc) is 3.09. The molecule has 1 heterocycles. The summed E-state index contributed by atoms with van der Waals surface area (Å²) < 4.78 is 9.90. The van der Waals surface area contributed by atoms with Crippen molar-refractivity contribution in [3.05, 3.63) is 60.2 Å². The van der Waals surface area contributed by atoms with E-state index >= 15 is 0 Å². The van der Waals surface area contributed by atoms with Crippen LogP contribution in [-0.4, -0.2) is 21.9 Å². The summed E-state index contributed by atoms with van der Waals surface area (Å²) in [6.45, 7) is 4.83. The Bertz CT molecular complexity index is 829. The topological polar surface area (TPSA) is 64.1 Å². The lowest BCUT2D eigenvalue weighted by molar-refractivity contribution is 0.102. The van der Waals surface area contributed by atoms with Gasteiger partial charge in [0.2, 0.25) is 5.13 Å². The van der Waals surface area contributed by atoms with Crippen molar-refractivity contribution in [2.75, 3.05) is 11.9 Å². The standard InChI is InChI=1S/C19H19N3O2S/c1-13(2)12-24-16-10-8-15(9-11-16)18(23)21-19-20-17(22-25-19)14-6-4-3-5-7-14/h3-11,13H,12H2,1-2H3,(H,20,21,22,23). The summed E-state index contributed by atoms with van der Waals surface area (Å²) in [5.41, 5.74) is 1.47. The predicted octanol–water partition coefficient (Wildman–Crippen LogP) is 4.49. The van der Waals surface area contributed by atoms with Gasteiger partial charge in [0.1, 0.15) is 5.75 Å². The SMILES string of the molecule is CC(C)COc1ccc(C(=O)Nc2nc(-c3ccccc3)ns2)cc1. The van der Waals surface area contributed by atoms with Gasteiger partial charge >= 0.3 is 0 Å². The Morgan fingerprint density at radius 2 is 1.84 bits per heavy atom. The molecule has 0 saturated carbocycles. The average molecular weight is 353 g/mol. The first-order chi connectivity index (χ1) is 12.1. The molecule has 0 aliphatic rings. The highest BCUT2D eigenvalue weighted by Gasteiger charge is 2.11. The Balaban J connectivity index is 1.63. The fourth-order valence-corrected chi connectivity index (χ4v) is 2.70. The van der Waals surface area contributed by atoms with E-state index in [1.165, 1.54) is 0 Å². The summed E-state index contributed by atoms with van der Waals surface area (Å²) in [6, 6.07) is 16.7. The normalized spacial score (nSPS) is 10.7. The van der Waals surface area contributed by atoms with E-state index in [0.717, 1.165) is 22.8 Å². The number of carbonyl (C=O) groups excluding carboxylic acids is 1. The zero-order chi connectivity index (χ0) is 17.6. The molecule has 1 aromatic heterocycles. The monoisotopic (exact) mass is 353 g/mol. The number of hydrogen-bond acceptors (Lipinski definition) is 5. The molecule has 128 valence electrons. The van der Waals surface area contributed by atoms with E-state index in [4.69, 9.17) is 4.74 Å². The third kappa shape index (κ3) is 4.64. The number of aromatic nitrogens is 2. The van der Waals surface area contributed by atoms with E-state index in [1.54, 1.807) is 24.3 Å². The van der Waals surface area contributed by atoms with Crippen molar-refractivity contribution >= 4 is 22.6 Å². The van der Waals surface area contributed by atoms with E-state index in [2.05, 4.69) is 28.5 Å². The zero-order valence-electron chi connectivity index (χ0n) is 14.1. The molecule has 0 unspecified atom stereocenters. The summed E-state index contributed by atoms with van der Waals surface area (Å²) in [7, 11) is 0. The second-order valence-electron chi connectivity index (χ2n) is 5.97. The fourth-order valence-electron chi connectivity index (χ4n) is 2.11. The highest BCUT2D eigenvalue weighted by Crippen LogP contribution is 2.21. The number of ether oxygens (including phenoxy) is 1. The molecule has 25 heavy (non-hydrogen) atoms. The van der Waals surface area contributed by atoms with Gasteiger partial charge in [0.05, 0.1) is 6.61 Å². The molecule has 6 heteroatoms. The number of nitrogens with one attached hydrogen (secondary N) is 1. The van der Waals surface area contributed by atoms with E-state index in [0.29, 0.717) is 29.0 Å². The highest BCUT2D eigenvalue weighted by molar-refractivity contribution is 7.10. The lowest BCUT2D eigenvalue weighted by Gasteiger charge is -2.09. The third-order valence-corrected chi connectivity index (χ3v) is 4.01. The smallest absolute Gasteiger partial charge is 0.257 e. The number of anilines is 1. The number of nitrogens with zero attached hydrogens (tertiary/aromatic N) is 2. The summed E-state index contributed by atoms with van der Waals surface area (Å²) in [5.74, 6) is 1.61. The van der Waals surface area contributed by atoms with Crippen molar-refractivity contribution < 1.29 is 9.53 Å². The number of benzene rings is 2. The molecule has 0 bridgehead atoms. The van der Waals surface area contributed by atoms with Gasteiger partial charge in [0.15, 0.2) is 5.82 Å². The van der Waals surface area contributed by atoms with Crippen LogP contribution in [0.1, 0.15) is 24.2 Å². The molecule has 0 radical (unpaired) electrons. The first kappa shape index (κ1) is 17.1. The largest absolute Gasteiger partial charge is 0.493 e. The van der Waals surface area contributed by atoms with Gasteiger partial charge in [-0.05, 0) is 30.2 Å². The molecule has 0 saturated heterocycles. The lowest BCUT2D eigenvalue weighted by atomic mass is 10.2. The van der Waals surface area contributed by atoms with Crippen LogP contribution in [0.3, 0.4) is 0 Å². The number of amides is 1. The minimum atomic E-state index is -0.217. The Kier molecular flexibility index (Phi) is 5.40. The Hall–Kier alpha value is -2.73. The third-order valence-electron chi connectivity index (χ3n) is 3.38. The molecule has 0 aliphatic carbocycles. The zero-order valence-corrected chi connectivity index (χ0v) is 14.9. The van der Waals surface area contributed by atoms with E-state index in [-0.39, 0.29) is 5.91 Å². The van der Waals surface area contributed by atoms with Crippen molar-refractivity contribution in [1.29, 1.82) is 0 Å². The Labute approximate surface area is 150 Å². The van der Waals surface area contributed by atoms with Gasteiger partial charge in [-0.1, -0.05) is 44.2 Å². The van der Waals surface area contributed by atoms with Gasteiger partial charge in [-0.3, -0.25) is 10.1 Å². The van der Waals surface area contributed by atoms with Gasteiger partial charge in [-0.15, -0.1) is 0 Å². The number of rotatable bonds is 6. The molecule has 0 aliphatic heterocycles. The Morgan fingerprint density at radius 3 is 2.52 bits per heavy atom. The summed E-state index contributed by atoms with van der Waals surface area (Å²) in [6.07, 6.45) is 0. The van der Waals surface area contributed by atoms with E-state index in [1.807, 2.05) is 30.3 Å². The molecule has 1 amide bonds. The molecule has 1 N–H and O–H groups in total. The molecule has 0 spiro atoms. The van der Waals surface area contributed by atoms with Crippen LogP contribution in [0.4, 0.5) is 5.13 Å². The van der Waals surface area contributed by atoms with Crippen LogP contribution in [0.2, 0.25) is 0 Å². The lowest BCUT2D eigenvalue weighted by Crippen LogP contribution is -2.11. The molecule has 3 rings (SSSR count). The number of carbonyl (C=O) groups is 1. The second kappa shape index (κ2) is 7.90. The summed E-state index contributed by atoms with van der Waals surface area (Å²) in [4.78, 5) is 16.7. The van der Waals surface area contributed by atoms with E-state index in [9.17, 15) is 4.79 Å². The van der Waals surface area contributed by atoms with Gasteiger partial charge in [0, 0.05) is 22.7 Å². The minimum Gasteiger partial charge on any atom is -0.493 e. The van der Waals surface area contributed by atoms with Gasteiger partial charge in [-0.2, -0.15) is 9.36 Å². The van der Waals surface area contributed by atoms with Gasteiger partial charge in [0.25, 0.3) is 5.91 Å². The first-order valence-corrected chi connectivity index (χ1v) is 8.82. The van der Waals surface area contributed by atoms with Crippen molar-refractivity contribution in [3.63, 3.8) is 0 Å². The minimum absolute atomic E-state index is 0.217. The van der Waals surface area contributed by atoms with Crippen LogP contribution in [0.5, 0.6) is 5.75 Å². The summed E-state index contributed by atoms with van der Waals surface area (Å²) in [5, 5.41) is 3.26. The molecule has 0 fully saturated rings. The highest BCUT2D eigenvalue weighted by atomic mass is 32.1. The molecule has 0 atom stereocenters. The molecular weight excluding hydrogens is 334 g/mol. The van der Waals surface area contributed by atoms with Crippen molar-refractivity contribution in [3.8, 4) is 17.1 Å². The fraction of sp³-hybridized carbons (Fsp3) is 0.211. The van der Waals surface area contributed by atoms with Crippen LogP contribution in [0, 0.1) is 5.92 Å². The second-order valence-corrected chi connectivity index (χ2v) is 6.72. The van der Waals surface area contributed by atoms with Crippen LogP contribution in [-0.2, 0) is 0 Å². The maximum absolute atomic E-state index is 12.3. The maximum atomic E-state index is 12.3. The molecular formula is C19H19N3O2S. The molecule has 2 aromatic carbocycles. The first-order valence-electron chi connectivity index (χ1n) is 8.05.